The standard InChI is InChI=1S/C16H23N5O/c1-12-6-5-7-13(2)20(12)11-10-17-16-18-14-8-3-4-9-15(14)21(22)19-16/h3-4,8-9,12-13H,5-7,10-11H2,1-2H3,(H,17,18,19). The molecule has 2 unspecified atom stereocenters. The molecule has 2 heterocycles. The normalized spacial score (nSPS) is 22.8. The van der Waals surface area contributed by atoms with E-state index in [1.165, 1.54) is 19.3 Å². The Morgan fingerprint density at radius 1 is 1.27 bits per heavy atom. The summed E-state index contributed by atoms with van der Waals surface area (Å²) in [5.41, 5.74) is 1.15. The lowest BCUT2D eigenvalue weighted by molar-refractivity contribution is -0.641. The summed E-state index contributed by atoms with van der Waals surface area (Å²) in [6.07, 6.45) is 3.84. The van der Waals surface area contributed by atoms with E-state index >= 15 is 0 Å². The number of anilines is 1. The number of nitrogens with one attached hydrogen (secondary N) is 1. The second-order valence-corrected chi connectivity index (χ2v) is 6.09. The van der Waals surface area contributed by atoms with Crippen molar-refractivity contribution in [1.29, 1.82) is 0 Å². The van der Waals surface area contributed by atoms with Crippen molar-refractivity contribution < 1.29 is 4.85 Å². The third-order valence-electron chi connectivity index (χ3n) is 4.53. The summed E-state index contributed by atoms with van der Waals surface area (Å²) in [5, 5.41) is 19.0. The molecule has 0 saturated carbocycles. The lowest BCUT2D eigenvalue weighted by Gasteiger charge is -2.38. The van der Waals surface area contributed by atoms with Crippen molar-refractivity contribution in [3.05, 3.63) is 29.5 Å². The molecule has 1 aliphatic heterocycles. The molecular formula is C16H23N5O. The van der Waals surface area contributed by atoms with Gasteiger partial charge in [0.05, 0.1) is 5.10 Å². The van der Waals surface area contributed by atoms with Gasteiger partial charge in [0.2, 0.25) is 0 Å². The summed E-state index contributed by atoms with van der Waals surface area (Å²) < 4.78 is 0. The summed E-state index contributed by atoms with van der Waals surface area (Å²) in [7, 11) is 0. The summed E-state index contributed by atoms with van der Waals surface area (Å²) in [6, 6.07) is 8.47. The van der Waals surface area contributed by atoms with E-state index in [1.807, 2.05) is 18.2 Å². The molecule has 1 aromatic carbocycles. The van der Waals surface area contributed by atoms with Gasteiger partial charge in [0.15, 0.2) is 0 Å². The summed E-state index contributed by atoms with van der Waals surface area (Å²) in [5.74, 6) is 0.394. The van der Waals surface area contributed by atoms with E-state index in [-0.39, 0.29) is 0 Å². The van der Waals surface area contributed by atoms with Crippen LogP contribution >= 0.6 is 0 Å². The first-order valence-electron chi connectivity index (χ1n) is 8.01. The highest BCUT2D eigenvalue weighted by Crippen LogP contribution is 2.21. The molecule has 0 aliphatic carbocycles. The maximum Gasteiger partial charge on any atom is 0.290 e. The molecule has 1 aromatic heterocycles. The van der Waals surface area contributed by atoms with Crippen molar-refractivity contribution in [1.82, 2.24) is 15.0 Å². The number of nitrogens with zero attached hydrogens (tertiary/aromatic N) is 4. The Hall–Kier alpha value is -1.95. The highest BCUT2D eigenvalue weighted by Gasteiger charge is 2.24. The molecule has 0 amide bonds. The zero-order valence-electron chi connectivity index (χ0n) is 13.2. The molecule has 1 fully saturated rings. The van der Waals surface area contributed by atoms with Crippen molar-refractivity contribution in [2.75, 3.05) is 18.4 Å². The van der Waals surface area contributed by atoms with Gasteiger partial charge >= 0.3 is 0 Å². The number of piperidine rings is 1. The Labute approximate surface area is 130 Å². The molecule has 1 N–H and O–H groups in total. The number of fused-ring (bicyclic) bond motifs is 1. The minimum Gasteiger partial charge on any atom is -0.594 e. The maximum atomic E-state index is 11.9. The number of hydrogen-bond acceptors (Lipinski definition) is 5. The molecular weight excluding hydrogens is 278 g/mol. The average Bonchev–Trinajstić information content (AvgIpc) is 2.50. The van der Waals surface area contributed by atoms with Gasteiger partial charge in [-0.3, -0.25) is 4.90 Å². The number of benzene rings is 1. The Balaban J connectivity index is 1.64. The number of likely N-dealkylation sites (tertiary alicyclic amines) is 1. The van der Waals surface area contributed by atoms with Crippen molar-refractivity contribution in [3.8, 4) is 0 Å². The van der Waals surface area contributed by atoms with E-state index in [0.717, 1.165) is 13.1 Å². The van der Waals surface area contributed by atoms with Crippen molar-refractivity contribution in [2.24, 2.45) is 0 Å². The van der Waals surface area contributed by atoms with Crippen LogP contribution in [0, 0.1) is 5.21 Å². The van der Waals surface area contributed by atoms with Gasteiger partial charge in [0, 0.05) is 31.2 Å². The molecule has 6 heteroatoms. The second kappa shape index (κ2) is 6.44. The fraction of sp³-hybridized carbons (Fsp3) is 0.562. The van der Waals surface area contributed by atoms with Crippen LogP contribution in [0.2, 0.25) is 0 Å². The second-order valence-electron chi connectivity index (χ2n) is 6.09. The first kappa shape index (κ1) is 15.0. The zero-order valence-corrected chi connectivity index (χ0v) is 13.2. The lowest BCUT2D eigenvalue weighted by Crippen LogP contribution is -2.46. The first-order valence-corrected chi connectivity index (χ1v) is 8.01. The van der Waals surface area contributed by atoms with Crippen LogP contribution in [0.1, 0.15) is 33.1 Å². The van der Waals surface area contributed by atoms with Crippen LogP contribution in [-0.4, -0.2) is 40.2 Å². The Morgan fingerprint density at radius 2 is 2.00 bits per heavy atom. The van der Waals surface area contributed by atoms with Crippen LogP contribution < -0.4 is 10.2 Å². The monoisotopic (exact) mass is 301 g/mol. The Bertz CT molecular complexity index is 637. The average molecular weight is 301 g/mol. The quantitative estimate of drug-likeness (QED) is 0.690. The largest absolute Gasteiger partial charge is 0.594 e. The van der Waals surface area contributed by atoms with Gasteiger partial charge in [0.25, 0.3) is 11.5 Å². The van der Waals surface area contributed by atoms with E-state index < -0.39 is 0 Å². The third kappa shape index (κ3) is 3.11. The van der Waals surface area contributed by atoms with E-state index in [0.29, 0.717) is 33.9 Å². The molecule has 3 rings (SSSR count). The van der Waals surface area contributed by atoms with E-state index in [2.05, 4.69) is 34.1 Å². The molecule has 2 atom stereocenters. The Morgan fingerprint density at radius 3 is 2.77 bits per heavy atom. The van der Waals surface area contributed by atoms with E-state index in [4.69, 9.17) is 0 Å². The molecule has 1 saturated heterocycles. The minimum atomic E-state index is 0.394. The van der Waals surface area contributed by atoms with Crippen LogP contribution in [0.25, 0.3) is 11.0 Å². The van der Waals surface area contributed by atoms with Gasteiger partial charge in [-0.2, -0.15) is 0 Å². The van der Waals surface area contributed by atoms with Gasteiger partial charge in [0.1, 0.15) is 5.52 Å². The van der Waals surface area contributed by atoms with Gasteiger partial charge in [-0.25, -0.2) is 4.98 Å². The summed E-state index contributed by atoms with van der Waals surface area (Å²) in [6.45, 7) is 6.26. The summed E-state index contributed by atoms with van der Waals surface area (Å²) in [4.78, 5) is 7.55. The molecule has 6 nitrogen and oxygen atoms in total. The zero-order chi connectivity index (χ0) is 15.5. The van der Waals surface area contributed by atoms with Crippen LogP contribution in [-0.2, 0) is 0 Å². The maximum absolute atomic E-state index is 11.9. The topological polar surface area (TPSA) is 68.0 Å². The predicted molar refractivity (Wildman–Crippen MR) is 86.5 cm³/mol. The van der Waals surface area contributed by atoms with Crippen LogP contribution in [0.4, 0.5) is 5.95 Å². The molecule has 0 spiro atoms. The van der Waals surface area contributed by atoms with Gasteiger partial charge in [-0.1, -0.05) is 18.6 Å². The number of rotatable bonds is 4. The smallest absolute Gasteiger partial charge is 0.290 e. The van der Waals surface area contributed by atoms with E-state index in [1.54, 1.807) is 6.07 Å². The third-order valence-corrected chi connectivity index (χ3v) is 4.53. The number of hydrogen-bond donors (Lipinski definition) is 1. The fourth-order valence-corrected chi connectivity index (χ4v) is 3.28. The minimum absolute atomic E-state index is 0.394. The molecule has 118 valence electrons. The van der Waals surface area contributed by atoms with Crippen LogP contribution in [0.3, 0.4) is 0 Å². The van der Waals surface area contributed by atoms with Crippen LogP contribution in [0.15, 0.2) is 24.3 Å². The number of para-hydroxylation sites is 2. The highest BCUT2D eigenvalue weighted by molar-refractivity contribution is 5.71. The van der Waals surface area contributed by atoms with Crippen molar-refractivity contribution >= 4 is 17.0 Å². The van der Waals surface area contributed by atoms with Gasteiger partial charge < -0.3 is 10.5 Å². The number of aromatic nitrogens is 3. The molecule has 2 aromatic rings. The molecule has 22 heavy (non-hydrogen) atoms. The first-order chi connectivity index (χ1) is 10.6. The Kier molecular flexibility index (Phi) is 4.38. The predicted octanol–water partition coefficient (Wildman–Crippen LogP) is 1.94. The van der Waals surface area contributed by atoms with Gasteiger partial charge in [-0.05, 0) is 37.6 Å². The highest BCUT2D eigenvalue weighted by atomic mass is 16.5. The van der Waals surface area contributed by atoms with Crippen molar-refractivity contribution in [2.45, 2.75) is 45.2 Å². The SMILES string of the molecule is CC1CCCC(C)N1CCNc1nc2ccccc2[n+]([O-])n1. The lowest BCUT2D eigenvalue weighted by atomic mass is 9.98. The van der Waals surface area contributed by atoms with Crippen LogP contribution in [0.5, 0.6) is 0 Å². The van der Waals surface area contributed by atoms with Gasteiger partial charge in [-0.15, -0.1) is 0 Å². The molecule has 0 bridgehead atoms. The summed E-state index contributed by atoms with van der Waals surface area (Å²) >= 11 is 0. The molecule has 0 radical (unpaired) electrons. The molecule has 1 aliphatic rings. The van der Waals surface area contributed by atoms with E-state index in [9.17, 15) is 5.21 Å². The fourth-order valence-electron chi connectivity index (χ4n) is 3.28. The van der Waals surface area contributed by atoms with Crippen molar-refractivity contribution in [3.63, 3.8) is 0 Å².